The van der Waals surface area contributed by atoms with Crippen LogP contribution >= 0.6 is 0 Å². The third kappa shape index (κ3) is 3.77. The van der Waals surface area contributed by atoms with Crippen molar-refractivity contribution in [1.82, 2.24) is 4.90 Å². The molecular formula is C14H16FNO4. The second-order valence-corrected chi connectivity index (χ2v) is 4.71. The summed E-state index contributed by atoms with van der Waals surface area (Å²) in [6, 6.07) is 5.60. The molecule has 1 fully saturated rings. The van der Waals surface area contributed by atoms with Gasteiger partial charge in [-0.15, -0.1) is 0 Å². The summed E-state index contributed by atoms with van der Waals surface area (Å²) >= 11 is 0. The van der Waals surface area contributed by atoms with Gasteiger partial charge in [0.05, 0.1) is 6.10 Å². The van der Waals surface area contributed by atoms with Gasteiger partial charge >= 0.3 is 5.97 Å². The van der Waals surface area contributed by atoms with Crippen LogP contribution in [0.3, 0.4) is 0 Å². The number of carboxylic acid groups (broad SMARTS) is 1. The van der Waals surface area contributed by atoms with Gasteiger partial charge < -0.3 is 14.7 Å². The molecule has 6 heteroatoms. The summed E-state index contributed by atoms with van der Waals surface area (Å²) in [6.07, 6.45) is 1.05. The van der Waals surface area contributed by atoms with Crippen molar-refractivity contribution in [2.24, 2.45) is 0 Å². The van der Waals surface area contributed by atoms with Gasteiger partial charge in [-0.25, -0.2) is 9.18 Å². The number of nitrogens with zero attached hydrogens (tertiary/aromatic N) is 1. The molecule has 0 bridgehead atoms. The number of ether oxygens (including phenoxy) is 1. The van der Waals surface area contributed by atoms with Crippen LogP contribution in [0.5, 0.6) is 0 Å². The van der Waals surface area contributed by atoms with Crippen molar-refractivity contribution in [3.63, 3.8) is 0 Å². The number of hydrogen-bond acceptors (Lipinski definition) is 3. The van der Waals surface area contributed by atoms with E-state index in [0.29, 0.717) is 31.5 Å². The van der Waals surface area contributed by atoms with Gasteiger partial charge in [-0.1, -0.05) is 6.07 Å². The van der Waals surface area contributed by atoms with Crippen LogP contribution < -0.4 is 0 Å². The van der Waals surface area contributed by atoms with Crippen LogP contribution in [0.4, 0.5) is 4.39 Å². The number of hydrogen-bond donors (Lipinski definition) is 1. The molecule has 2 rings (SSSR count). The molecule has 0 saturated carbocycles. The molecule has 5 nitrogen and oxygen atoms in total. The fraction of sp³-hybridized carbons (Fsp3) is 0.429. The smallest absolute Gasteiger partial charge is 0.329 e. The van der Waals surface area contributed by atoms with E-state index in [-0.39, 0.29) is 18.6 Å². The van der Waals surface area contributed by atoms with Crippen molar-refractivity contribution in [2.45, 2.75) is 18.9 Å². The molecule has 1 aliphatic rings. The number of halogens is 1. The van der Waals surface area contributed by atoms with Crippen LogP contribution in [0.1, 0.15) is 23.2 Å². The average Bonchev–Trinajstić information content (AvgIpc) is 2.45. The molecule has 0 radical (unpaired) electrons. The molecule has 108 valence electrons. The Balaban J connectivity index is 1.87. The third-order valence-electron chi connectivity index (χ3n) is 3.24. The van der Waals surface area contributed by atoms with Gasteiger partial charge in [0, 0.05) is 18.7 Å². The van der Waals surface area contributed by atoms with Gasteiger partial charge in [0.15, 0.2) is 0 Å². The Hall–Kier alpha value is -1.95. The lowest BCUT2D eigenvalue weighted by Gasteiger charge is -2.31. The van der Waals surface area contributed by atoms with E-state index in [0.717, 1.165) is 0 Å². The van der Waals surface area contributed by atoms with Crippen molar-refractivity contribution in [3.8, 4) is 0 Å². The monoisotopic (exact) mass is 281 g/mol. The van der Waals surface area contributed by atoms with Crippen LogP contribution in [0.2, 0.25) is 0 Å². The fourth-order valence-corrected chi connectivity index (χ4v) is 2.22. The largest absolute Gasteiger partial charge is 0.480 e. The molecular weight excluding hydrogens is 265 g/mol. The zero-order valence-electron chi connectivity index (χ0n) is 10.9. The van der Waals surface area contributed by atoms with Gasteiger partial charge in [-0.2, -0.15) is 0 Å². The van der Waals surface area contributed by atoms with Crippen molar-refractivity contribution >= 4 is 11.9 Å². The van der Waals surface area contributed by atoms with Gasteiger partial charge in [0.2, 0.25) is 0 Å². The molecule has 0 atom stereocenters. The molecule has 20 heavy (non-hydrogen) atoms. The highest BCUT2D eigenvalue weighted by Crippen LogP contribution is 2.16. The standard InChI is InChI=1S/C14H16FNO4/c15-11-3-1-2-10(8-11)14(19)16-6-4-12(5-7-16)20-9-13(17)18/h1-3,8,12H,4-7,9H2,(H,17,18). The fourth-order valence-electron chi connectivity index (χ4n) is 2.22. The number of carbonyl (C=O) groups excluding carboxylic acids is 1. The summed E-state index contributed by atoms with van der Waals surface area (Å²) in [5, 5.41) is 8.53. The Morgan fingerprint density at radius 3 is 2.65 bits per heavy atom. The zero-order chi connectivity index (χ0) is 14.5. The van der Waals surface area contributed by atoms with E-state index < -0.39 is 11.8 Å². The number of carboxylic acids is 1. The van der Waals surface area contributed by atoms with Crippen LogP contribution in [0.25, 0.3) is 0 Å². The molecule has 1 aromatic carbocycles. The Morgan fingerprint density at radius 1 is 1.35 bits per heavy atom. The summed E-state index contributed by atoms with van der Waals surface area (Å²) in [4.78, 5) is 24.2. The minimum absolute atomic E-state index is 0.136. The second kappa shape index (κ2) is 6.47. The molecule has 1 amide bonds. The quantitative estimate of drug-likeness (QED) is 0.909. The van der Waals surface area contributed by atoms with Crippen molar-refractivity contribution in [2.75, 3.05) is 19.7 Å². The van der Waals surface area contributed by atoms with E-state index in [2.05, 4.69) is 0 Å². The minimum atomic E-state index is -0.997. The Kier molecular flexibility index (Phi) is 4.68. The Bertz CT molecular complexity index is 498. The number of aliphatic carboxylic acids is 1. The van der Waals surface area contributed by atoms with E-state index in [9.17, 15) is 14.0 Å². The number of rotatable bonds is 4. The van der Waals surface area contributed by atoms with Gasteiger partial charge in [0.1, 0.15) is 12.4 Å². The van der Waals surface area contributed by atoms with Crippen molar-refractivity contribution < 1.29 is 23.8 Å². The highest BCUT2D eigenvalue weighted by Gasteiger charge is 2.24. The number of benzene rings is 1. The average molecular weight is 281 g/mol. The van der Waals surface area contributed by atoms with E-state index in [1.54, 1.807) is 11.0 Å². The number of piperidine rings is 1. The first-order valence-corrected chi connectivity index (χ1v) is 6.44. The lowest BCUT2D eigenvalue weighted by atomic mass is 10.1. The van der Waals surface area contributed by atoms with Gasteiger partial charge in [-0.05, 0) is 31.0 Å². The van der Waals surface area contributed by atoms with Gasteiger partial charge in [-0.3, -0.25) is 4.79 Å². The van der Waals surface area contributed by atoms with Crippen LogP contribution in [-0.2, 0) is 9.53 Å². The maximum atomic E-state index is 13.1. The Morgan fingerprint density at radius 2 is 2.05 bits per heavy atom. The highest BCUT2D eigenvalue weighted by atomic mass is 19.1. The molecule has 0 aromatic heterocycles. The van der Waals surface area contributed by atoms with Crippen LogP contribution in [0.15, 0.2) is 24.3 Å². The second-order valence-electron chi connectivity index (χ2n) is 4.71. The SMILES string of the molecule is O=C(O)COC1CCN(C(=O)c2cccc(F)c2)CC1. The molecule has 1 N–H and O–H groups in total. The molecule has 1 saturated heterocycles. The lowest BCUT2D eigenvalue weighted by molar-refractivity contribution is -0.145. The third-order valence-corrected chi connectivity index (χ3v) is 3.24. The van der Waals surface area contributed by atoms with E-state index in [1.165, 1.54) is 18.2 Å². The molecule has 1 heterocycles. The maximum Gasteiger partial charge on any atom is 0.329 e. The molecule has 1 aliphatic heterocycles. The normalized spacial score (nSPS) is 16.1. The van der Waals surface area contributed by atoms with Crippen LogP contribution in [0, 0.1) is 5.82 Å². The predicted octanol–water partition coefficient (Wildman–Crippen LogP) is 1.53. The van der Waals surface area contributed by atoms with E-state index in [4.69, 9.17) is 9.84 Å². The molecule has 1 aromatic rings. The number of carbonyl (C=O) groups is 2. The van der Waals surface area contributed by atoms with Crippen LogP contribution in [-0.4, -0.2) is 47.7 Å². The van der Waals surface area contributed by atoms with E-state index >= 15 is 0 Å². The molecule has 0 spiro atoms. The summed E-state index contributed by atoms with van der Waals surface area (Å²) in [5.74, 6) is -1.64. The zero-order valence-corrected chi connectivity index (χ0v) is 10.9. The minimum Gasteiger partial charge on any atom is -0.480 e. The first-order valence-electron chi connectivity index (χ1n) is 6.44. The lowest BCUT2D eigenvalue weighted by Crippen LogP contribution is -2.41. The van der Waals surface area contributed by atoms with Crippen molar-refractivity contribution in [3.05, 3.63) is 35.6 Å². The highest BCUT2D eigenvalue weighted by molar-refractivity contribution is 5.94. The summed E-state index contributed by atoms with van der Waals surface area (Å²) < 4.78 is 18.3. The first kappa shape index (κ1) is 14.5. The topological polar surface area (TPSA) is 66.8 Å². The Labute approximate surface area is 116 Å². The maximum absolute atomic E-state index is 13.1. The summed E-state index contributed by atoms with van der Waals surface area (Å²) in [6.45, 7) is 0.655. The number of amides is 1. The van der Waals surface area contributed by atoms with E-state index in [1.807, 2.05) is 0 Å². The predicted molar refractivity (Wildman–Crippen MR) is 68.9 cm³/mol. The molecule has 0 aliphatic carbocycles. The number of likely N-dealkylation sites (tertiary alicyclic amines) is 1. The summed E-state index contributed by atoms with van der Waals surface area (Å²) in [5.41, 5.74) is 0.329. The van der Waals surface area contributed by atoms with Gasteiger partial charge in [0.25, 0.3) is 5.91 Å². The molecule has 0 unspecified atom stereocenters. The first-order chi connectivity index (χ1) is 9.56. The summed E-state index contributed by atoms with van der Waals surface area (Å²) in [7, 11) is 0. The van der Waals surface area contributed by atoms with Crippen molar-refractivity contribution in [1.29, 1.82) is 0 Å².